The summed E-state index contributed by atoms with van der Waals surface area (Å²) in [6.07, 6.45) is 5.74. The summed E-state index contributed by atoms with van der Waals surface area (Å²) in [5.41, 5.74) is 1.88. The van der Waals surface area contributed by atoms with Crippen molar-refractivity contribution in [2.75, 3.05) is 24.5 Å². The molecule has 0 aliphatic carbocycles. The summed E-state index contributed by atoms with van der Waals surface area (Å²) >= 11 is 0. The molecule has 3 rings (SSSR count). The van der Waals surface area contributed by atoms with Crippen molar-refractivity contribution in [1.29, 1.82) is 0 Å². The van der Waals surface area contributed by atoms with E-state index in [1.165, 1.54) is 18.9 Å². The van der Waals surface area contributed by atoms with Crippen LogP contribution in [-0.4, -0.2) is 25.5 Å². The largest absolute Gasteiger partial charge is 0.317 e. The van der Waals surface area contributed by atoms with Crippen molar-refractivity contribution in [2.24, 2.45) is 5.92 Å². The first-order chi connectivity index (χ1) is 10.2. The molecule has 2 heterocycles. The van der Waals surface area contributed by atoms with Crippen molar-refractivity contribution < 1.29 is 9.18 Å². The lowest BCUT2D eigenvalue weighted by Gasteiger charge is -2.30. The third kappa shape index (κ3) is 3.43. The van der Waals surface area contributed by atoms with Gasteiger partial charge in [-0.15, -0.1) is 0 Å². The van der Waals surface area contributed by atoms with Gasteiger partial charge in [0.2, 0.25) is 5.91 Å². The minimum absolute atomic E-state index is 0.195. The van der Waals surface area contributed by atoms with Gasteiger partial charge in [0.1, 0.15) is 5.82 Å². The van der Waals surface area contributed by atoms with E-state index in [1.807, 2.05) is 4.90 Å². The van der Waals surface area contributed by atoms with Crippen molar-refractivity contribution in [3.8, 4) is 0 Å². The molecule has 2 aliphatic heterocycles. The molecule has 0 radical (unpaired) electrons. The molecule has 0 unspecified atom stereocenters. The maximum Gasteiger partial charge on any atom is 0.226 e. The fraction of sp³-hybridized carbons (Fsp3) is 0.588. The lowest BCUT2D eigenvalue weighted by molar-refractivity contribution is -0.119. The number of piperidine rings is 1. The van der Waals surface area contributed by atoms with Crippen LogP contribution in [0.2, 0.25) is 0 Å². The van der Waals surface area contributed by atoms with Crippen LogP contribution in [0.3, 0.4) is 0 Å². The summed E-state index contributed by atoms with van der Waals surface area (Å²) in [6, 6.07) is 4.78. The van der Waals surface area contributed by atoms with Gasteiger partial charge in [-0.3, -0.25) is 4.79 Å². The van der Waals surface area contributed by atoms with E-state index in [2.05, 4.69) is 5.32 Å². The maximum atomic E-state index is 13.3. The Balaban J connectivity index is 1.63. The second kappa shape index (κ2) is 6.56. The van der Waals surface area contributed by atoms with Gasteiger partial charge in [0, 0.05) is 18.7 Å². The average molecular weight is 290 g/mol. The molecular weight excluding hydrogens is 267 g/mol. The number of benzene rings is 1. The van der Waals surface area contributed by atoms with Gasteiger partial charge >= 0.3 is 0 Å². The number of carbonyl (C=O) groups is 1. The van der Waals surface area contributed by atoms with Crippen molar-refractivity contribution in [3.63, 3.8) is 0 Å². The lowest BCUT2D eigenvalue weighted by atomic mass is 9.92. The smallest absolute Gasteiger partial charge is 0.226 e. The fourth-order valence-electron chi connectivity index (χ4n) is 3.46. The maximum absolute atomic E-state index is 13.3. The summed E-state index contributed by atoms with van der Waals surface area (Å²) in [5, 5.41) is 3.35. The summed E-state index contributed by atoms with van der Waals surface area (Å²) in [4.78, 5) is 14.4. The monoisotopic (exact) mass is 290 g/mol. The SMILES string of the molecule is O=C(CCC1CCNCC1)N1CCCc2cc(F)ccc21. The third-order valence-corrected chi connectivity index (χ3v) is 4.69. The minimum Gasteiger partial charge on any atom is -0.317 e. The van der Waals surface area contributed by atoms with Gasteiger partial charge in [-0.2, -0.15) is 0 Å². The molecule has 3 nitrogen and oxygen atoms in total. The summed E-state index contributed by atoms with van der Waals surface area (Å²) in [5.74, 6) is 0.659. The number of amides is 1. The molecule has 0 spiro atoms. The standard InChI is InChI=1S/C17H23FN2O/c18-15-4-5-16-14(12-15)2-1-11-20(16)17(21)6-3-13-7-9-19-10-8-13/h4-5,12-13,19H,1-3,6-11H2. The number of rotatable bonds is 3. The minimum atomic E-state index is -0.210. The third-order valence-electron chi connectivity index (χ3n) is 4.69. The number of fused-ring (bicyclic) bond motifs is 1. The van der Waals surface area contributed by atoms with Crippen molar-refractivity contribution >= 4 is 11.6 Å². The summed E-state index contributed by atoms with van der Waals surface area (Å²) < 4.78 is 13.3. The van der Waals surface area contributed by atoms with Gasteiger partial charge in [0.25, 0.3) is 0 Å². The molecular formula is C17H23FN2O. The van der Waals surface area contributed by atoms with E-state index >= 15 is 0 Å². The fourth-order valence-corrected chi connectivity index (χ4v) is 3.46. The van der Waals surface area contributed by atoms with Crippen LogP contribution in [0.1, 0.15) is 37.7 Å². The highest BCUT2D eigenvalue weighted by molar-refractivity contribution is 5.94. The molecule has 1 fully saturated rings. The summed E-state index contributed by atoms with van der Waals surface area (Å²) in [6.45, 7) is 2.92. The molecule has 1 N–H and O–H groups in total. The normalized spacial score (nSPS) is 19.4. The Kier molecular flexibility index (Phi) is 4.54. The predicted molar refractivity (Wildman–Crippen MR) is 81.9 cm³/mol. The van der Waals surface area contributed by atoms with Crippen molar-refractivity contribution in [1.82, 2.24) is 5.32 Å². The van der Waals surface area contributed by atoms with E-state index in [0.717, 1.165) is 50.1 Å². The number of nitrogens with zero attached hydrogens (tertiary/aromatic N) is 1. The molecule has 2 aliphatic rings. The number of aryl methyl sites for hydroxylation is 1. The van der Waals surface area contributed by atoms with Crippen LogP contribution >= 0.6 is 0 Å². The zero-order valence-corrected chi connectivity index (χ0v) is 12.4. The van der Waals surface area contributed by atoms with Crippen LogP contribution in [-0.2, 0) is 11.2 Å². The zero-order valence-electron chi connectivity index (χ0n) is 12.4. The Hall–Kier alpha value is -1.42. The van der Waals surface area contributed by atoms with Gasteiger partial charge in [-0.25, -0.2) is 4.39 Å². The molecule has 0 aromatic heterocycles. The van der Waals surface area contributed by atoms with Gasteiger partial charge in [-0.1, -0.05) is 0 Å². The van der Waals surface area contributed by atoms with E-state index in [0.29, 0.717) is 12.3 Å². The number of hydrogen-bond acceptors (Lipinski definition) is 2. The van der Waals surface area contributed by atoms with Crippen LogP contribution in [0, 0.1) is 11.7 Å². The quantitative estimate of drug-likeness (QED) is 0.928. The van der Waals surface area contributed by atoms with E-state index < -0.39 is 0 Å². The number of carbonyl (C=O) groups excluding carboxylic acids is 1. The van der Waals surface area contributed by atoms with Crippen LogP contribution < -0.4 is 10.2 Å². The molecule has 0 bridgehead atoms. The first-order valence-corrected chi connectivity index (χ1v) is 8.03. The highest BCUT2D eigenvalue weighted by atomic mass is 19.1. The Bertz CT molecular complexity index is 512. The Labute approximate surface area is 125 Å². The topological polar surface area (TPSA) is 32.3 Å². The number of halogens is 1. The first-order valence-electron chi connectivity index (χ1n) is 8.03. The van der Waals surface area contributed by atoms with E-state index in [9.17, 15) is 9.18 Å². The number of hydrogen-bond donors (Lipinski definition) is 1. The Morgan fingerprint density at radius 2 is 2.14 bits per heavy atom. The molecule has 1 aromatic rings. The highest BCUT2D eigenvalue weighted by Gasteiger charge is 2.23. The number of nitrogens with one attached hydrogen (secondary N) is 1. The molecule has 0 atom stereocenters. The summed E-state index contributed by atoms with van der Waals surface area (Å²) in [7, 11) is 0. The molecule has 114 valence electrons. The molecule has 0 saturated carbocycles. The Morgan fingerprint density at radius 1 is 1.33 bits per heavy atom. The molecule has 1 saturated heterocycles. The number of anilines is 1. The molecule has 21 heavy (non-hydrogen) atoms. The van der Waals surface area contributed by atoms with Crippen LogP contribution in [0.5, 0.6) is 0 Å². The second-order valence-electron chi connectivity index (χ2n) is 6.15. The van der Waals surface area contributed by atoms with Gasteiger partial charge < -0.3 is 10.2 Å². The molecule has 1 aromatic carbocycles. The second-order valence-corrected chi connectivity index (χ2v) is 6.15. The average Bonchev–Trinajstić information content (AvgIpc) is 2.52. The van der Waals surface area contributed by atoms with Gasteiger partial charge in [-0.05, 0) is 74.9 Å². The lowest BCUT2D eigenvalue weighted by Crippen LogP contribution is -2.36. The molecule has 4 heteroatoms. The highest BCUT2D eigenvalue weighted by Crippen LogP contribution is 2.29. The van der Waals surface area contributed by atoms with E-state index in [-0.39, 0.29) is 11.7 Å². The van der Waals surface area contributed by atoms with E-state index in [1.54, 1.807) is 12.1 Å². The van der Waals surface area contributed by atoms with Gasteiger partial charge in [0.05, 0.1) is 0 Å². The van der Waals surface area contributed by atoms with Crippen molar-refractivity contribution in [2.45, 2.75) is 38.5 Å². The predicted octanol–water partition coefficient (Wildman–Crippen LogP) is 2.88. The first kappa shape index (κ1) is 14.5. The van der Waals surface area contributed by atoms with Crippen LogP contribution in [0.15, 0.2) is 18.2 Å². The van der Waals surface area contributed by atoms with E-state index in [4.69, 9.17) is 0 Å². The van der Waals surface area contributed by atoms with Gasteiger partial charge in [0.15, 0.2) is 0 Å². The zero-order chi connectivity index (χ0) is 14.7. The Morgan fingerprint density at radius 3 is 2.95 bits per heavy atom. The van der Waals surface area contributed by atoms with Crippen LogP contribution in [0.4, 0.5) is 10.1 Å². The van der Waals surface area contributed by atoms with Crippen LogP contribution in [0.25, 0.3) is 0 Å². The molecule has 1 amide bonds. The van der Waals surface area contributed by atoms with Crippen molar-refractivity contribution in [3.05, 3.63) is 29.6 Å².